The van der Waals surface area contributed by atoms with Crippen LogP contribution in [0.15, 0.2) is 71.2 Å². The van der Waals surface area contributed by atoms with Gasteiger partial charge in [-0.05, 0) is 37.1 Å². The molecule has 0 saturated heterocycles. The smallest absolute Gasteiger partial charge is 0.355 e. The minimum atomic E-state index is -0.938. The first-order chi connectivity index (χ1) is 17.8. The number of carbonyl (C=O) groups excluding carboxylic acids is 2. The van der Waals surface area contributed by atoms with E-state index in [-0.39, 0.29) is 22.7 Å². The van der Waals surface area contributed by atoms with Crippen LogP contribution in [-0.4, -0.2) is 47.3 Å². The zero-order valence-corrected chi connectivity index (χ0v) is 20.7. The van der Waals surface area contributed by atoms with Crippen LogP contribution in [0.5, 0.6) is 0 Å². The first-order valence-electron chi connectivity index (χ1n) is 11.6. The molecule has 4 rings (SSSR count). The van der Waals surface area contributed by atoms with Crippen LogP contribution < -0.4 is 10.6 Å². The van der Waals surface area contributed by atoms with Gasteiger partial charge in [-0.25, -0.2) is 14.6 Å². The normalized spacial score (nSPS) is 16.5. The van der Waals surface area contributed by atoms with Crippen LogP contribution in [0.1, 0.15) is 30.7 Å². The molecule has 37 heavy (non-hydrogen) atoms. The second-order valence-electron chi connectivity index (χ2n) is 8.61. The second kappa shape index (κ2) is 10.6. The van der Waals surface area contributed by atoms with Crippen molar-refractivity contribution in [2.24, 2.45) is 5.73 Å². The zero-order chi connectivity index (χ0) is 26.7. The van der Waals surface area contributed by atoms with Gasteiger partial charge < -0.3 is 25.3 Å². The molecule has 0 fully saturated rings. The van der Waals surface area contributed by atoms with E-state index < -0.39 is 24.0 Å². The number of aliphatic hydroxyl groups is 1. The van der Waals surface area contributed by atoms with E-state index in [0.29, 0.717) is 41.0 Å². The fourth-order valence-corrected chi connectivity index (χ4v) is 4.44. The highest BCUT2D eigenvalue weighted by atomic mass is 16.5. The van der Waals surface area contributed by atoms with E-state index in [2.05, 4.69) is 16.0 Å². The number of methoxy groups -OCH3 is 2. The van der Waals surface area contributed by atoms with Crippen LogP contribution >= 0.6 is 0 Å². The molecule has 2 heterocycles. The molecule has 2 atom stereocenters. The Morgan fingerprint density at radius 3 is 2.51 bits per heavy atom. The van der Waals surface area contributed by atoms with Crippen LogP contribution in [0.4, 0.5) is 5.69 Å². The number of nitrogens with one attached hydrogen (secondary N) is 1. The first kappa shape index (κ1) is 25.5. The van der Waals surface area contributed by atoms with Gasteiger partial charge in [0.05, 0.1) is 60.2 Å². The SMILES string of the molecule is COC(=O)C1=C(C(=O)OC)N(c2ccc3nc(CCC(C)O)[nH]c3c2)C(N)=C(C#N)C1c1ccccc1. The third kappa shape index (κ3) is 4.77. The molecule has 10 heteroatoms. The number of rotatable bonds is 7. The van der Waals surface area contributed by atoms with Gasteiger partial charge in [-0.15, -0.1) is 0 Å². The minimum absolute atomic E-state index is 0.0161. The monoisotopic (exact) mass is 501 g/mol. The highest BCUT2D eigenvalue weighted by Crippen LogP contribution is 2.43. The molecule has 0 saturated carbocycles. The Hall–Kier alpha value is -4.62. The van der Waals surface area contributed by atoms with Gasteiger partial charge in [0.2, 0.25) is 0 Å². The summed E-state index contributed by atoms with van der Waals surface area (Å²) in [6, 6.07) is 16.1. The molecular weight excluding hydrogens is 474 g/mol. The molecule has 3 aromatic rings. The predicted molar refractivity (Wildman–Crippen MR) is 136 cm³/mol. The fraction of sp³-hybridized carbons (Fsp3) is 0.259. The number of aromatic amines is 1. The molecule has 4 N–H and O–H groups in total. The molecular formula is C27H27N5O5. The van der Waals surface area contributed by atoms with Gasteiger partial charge in [-0.2, -0.15) is 5.26 Å². The number of allylic oxidation sites excluding steroid dienone is 1. The number of nitrogens with zero attached hydrogens (tertiary/aromatic N) is 3. The summed E-state index contributed by atoms with van der Waals surface area (Å²) in [6.07, 6.45) is 0.622. The van der Waals surface area contributed by atoms with E-state index in [1.807, 2.05) is 0 Å². The van der Waals surface area contributed by atoms with Crippen LogP contribution in [0, 0.1) is 11.3 Å². The van der Waals surface area contributed by atoms with Crippen molar-refractivity contribution in [1.82, 2.24) is 9.97 Å². The molecule has 0 amide bonds. The Balaban J connectivity index is 1.94. The van der Waals surface area contributed by atoms with Crippen molar-refractivity contribution in [2.45, 2.75) is 31.8 Å². The van der Waals surface area contributed by atoms with Gasteiger partial charge in [0.25, 0.3) is 0 Å². The van der Waals surface area contributed by atoms with Crippen molar-refractivity contribution in [3.8, 4) is 6.07 Å². The minimum Gasteiger partial charge on any atom is -0.466 e. The molecule has 1 aliphatic heterocycles. The molecule has 0 bridgehead atoms. The lowest BCUT2D eigenvalue weighted by Gasteiger charge is -2.35. The number of nitriles is 1. The van der Waals surface area contributed by atoms with Crippen molar-refractivity contribution < 1.29 is 24.2 Å². The maximum atomic E-state index is 13.2. The average molecular weight is 502 g/mol. The van der Waals surface area contributed by atoms with Gasteiger partial charge in [0.1, 0.15) is 17.3 Å². The molecule has 2 aromatic carbocycles. The van der Waals surface area contributed by atoms with Crippen molar-refractivity contribution >= 4 is 28.7 Å². The van der Waals surface area contributed by atoms with E-state index >= 15 is 0 Å². The Labute approximate surface area is 213 Å². The van der Waals surface area contributed by atoms with Crippen LogP contribution in [0.2, 0.25) is 0 Å². The third-order valence-electron chi connectivity index (χ3n) is 6.18. The largest absolute Gasteiger partial charge is 0.466 e. The van der Waals surface area contributed by atoms with Crippen LogP contribution in [0.3, 0.4) is 0 Å². The number of imidazole rings is 1. The number of H-pyrrole nitrogens is 1. The second-order valence-corrected chi connectivity index (χ2v) is 8.61. The number of aromatic nitrogens is 2. The highest BCUT2D eigenvalue weighted by Gasteiger charge is 2.43. The number of hydrogen-bond acceptors (Lipinski definition) is 9. The fourth-order valence-electron chi connectivity index (χ4n) is 4.44. The Morgan fingerprint density at radius 2 is 1.89 bits per heavy atom. The van der Waals surface area contributed by atoms with Crippen molar-refractivity contribution in [3.05, 3.63) is 82.6 Å². The third-order valence-corrected chi connectivity index (χ3v) is 6.18. The number of fused-ring (bicyclic) bond motifs is 1. The number of anilines is 1. The first-order valence-corrected chi connectivity index (χ1v) is 11.6. The number of hydrogen-bond donors (Lipinski definition) is 3. The lowest BCUT2D eigenvalue weighted by molar-refractivity contribution is -0.139. The van der Waals surface area contributed by atoms with E-state index in [1.54, 1.807) is 55.5 Å². The lowest BCUT2D eigenvalue weighted by atomic mass is 9.81. The molecule has 0 aliphatic carbocycles. The summed E-state index contributed by atoms with van der Waals surface area (Å²) in [5.41, 5.74) is 8.75. The predicted octanol–water partition coefficient (Wildman–Crippen LogP) is 2.77. The summed E-state index contributed by atoms with van der Waals surface area (Å²) >= 11 is 0. The number of nitrogens with two attached hydrogens (primary N) is 1. The van der Waals surface area contributed by atoms with Crippen molar-refractivity contribution in [3.63, 3.8) is 0 Å². The molecule has 190 valence electrons. The highest BCUT2D eigenvalue weighted by molar-refractivity contribution is 6.06. The summed E-state index contributed by atoms with van der Waals surface area (Å²) in [7, 11) is 2.40. The Bertz CT molecular complexity index is 1450. The van der Waals surface area contributed by atoms with Gasteiger partial charge in [0, 0.05) is 6.42 Å². The quantitative estimate of drug-likeness (QED) is 0.415. The van der Waals surface area contributed by atoms with Gasteiger partial charge in [0.15, 0.2) is 0 Å². The summed E-state index contributed by atoms with van der Waals surface area (Å²) < 4.78 is 10.1. The van der Waals surface area contributed by atoms with E-state index in [0.717, 1.165) is 0 Å². The maximum Gasteiger partial charge on any atom is 0.355 e. The average Bonchev–Trinajstić information content (AvgIpc) is 3.33. The number of benzene rings is 2. The topological polar surface area (TPSA) is 155 Å². The Kier molecular flexibility index (Phi) is 7.27. The van der Waals surface area contributed by atoms with Crippen LogP contribution in [0.25, 0.3) is 11.0 Å². The van der Waals surface area contributed by atoms with Crippen molar-refractivity contribution in [1.29, 1.82) is 5.26 Å². The molecule has 2 unspecified atom stereocenters. The maximum absolute atomic E-state index is 13.2. The number of aliphatic hydroxyl groups excluding tert-OH is 1. The number of ether oxygens (including phenoxy) is 2. The standard InChI is InChI=1S/C27H27N5O5/c1-15(33)9-12-21-30-19-11-10-17(13-20(19)31-21)32-24(27(35)37-3)23(26(34)36-2)22(18(14-28)25(32)29)16-7-5-4-6-8-16/h4-8,10-11,13,15,22,33H,9,12,29H2,1-3H3,(H,30,31). The summed E-state index contributed by atoms with van der Waals surface area (Å²) in [6.45, 7) is 1.71. The zero-order valence-electron chi connectivity index (χ0n) is 20.7. The van der Waals surface area contributed by atoms with E-state index in [9.17, 15) is 20.0 Å². The Morgan fingerprint density at radius 1 is 1.19 bits per heavy atom. The summed E-state index contributed by atoms with van der Waals surface area (Å²) in [5.74, 6) is -1.87. The van der Waals surface area contributed by atoms with Crippen molar-refractivity contribution in [2.75, 3.05) is 19.1 Å². The number of aryl methyl sites for hydroxylation is 1. The number of esters is 2. The molecule has 1 aliphatic rings. The van der Waals surface area contributed by atoms with Gasteiger partial charge >= 0.3 is 11.9 Å². The molecule has 1 aromatic heterocycles. The van der Waals surface area contributed by atoms with Gasteiger partial charge in [-0.1, -0.05) is 30.3 Å². The summed E-state index contributed by atoms with van der Waals surface area (Å²) in [4.78, 5) is 35.4. The van der Waals surface area contributed by atoms with Gasteiger partial charge in [-0.3, -0.25) is 4.90 Å². The molecule has 10 nitrogen and oxygen atoms in total. The van der Waals surface area contributed by atoms with E-state index in [1.165, 1.54) is 19.1 Å². The molecule has 0 spiro atoms. The molecule has 0 radical (unpaired) electrons. The van der Waals surface area contributed by atoms with E-state index in [4.69, 9.17) is 15.2 Å². The lowest BCUT2D eigenvalue weighted by Crippen LogP contribution is -2.40. The van der Waals surface area contributed by atoms with Crippen LogP contribution in [-0.2, 0) is 25.5 Å². The number of carbonyl (C=O) groups is 2. The summed E-state index contributed by atoms with van der Waals surface area (Å²) in [5, 5.41) is 19.7.